The minimum absolute atomic E-state index is 0.0944. The molecule has 1 saturated carbocycles. The monoisotopic (exact) mass is 585 g/mol. The van der Waals surface area contributed by atoms with Crippen LogP contribution in [0.5, 0.6) is 17.2 Å². The second-order valence-electron chi connectivity index (χ2n) is 11.5. The van der Waals surface area contributed by atoms with E-state index < -0.39 is 0 Å². The van der Waals surface area contributed by atoms with E-state index in [0.29, 0.717) is 41.9 Å². The van der Waals surface area contributed by atoms with E-state index in [4.69, 9.17) is 4.74 Å². The Labute approximate surface area is 256 Å². The zero-order chi connectivity index (χ0) is 30.6. The van der Waals surface area contributed by atoms with Crippen LogP contribution in [0.2, 0.25) is 0 Å². The van der Waals surface area contributed by atoms with Crippen molar-refractivity contribution in [3.63, 3.8) is 0 Å². The highest BCUT2D eigenvalue weighted by Crippen LogP contribution is 2.39. The number of phenolic OH excluding ortho intramolecular Hbond substituents is 2. The summed E-state index contributed by atoms with van der Waals surface area (Å²) in [6.45, 7) is 6.55. The van der Waals surface area contributed by atoms with E-state index in [0.717, 1.165) is 35.0 Å². The molecule has 4 aromatic carbocycles. The average molecular weight is 586 g/mol. The first kappa shape index (κ1) is 28.9. The van der Waals surface area contributed by atoms with Crippen molar-refractivity contribution in [3.05, 3.63) is 132 Å². The topological polar surface area (TPSA) is 97.5 Å². The number of fused-ring (bicyclic) bond motifs is 1. The molecule has 1 aromatic heterocycles. The predicted octanol–water partition coefficient (Wildman–Crippen LogP) is 7.38. The van der Waals surface area contributed by atoms with E-state index in [1.807, 2.05) is 55.5 Å². The van der Waals surface area contributed by atoms with E-state index in [1.54, 1.807) is 36.4 Å². The second kappa shape index (κ2) is 12.6. The third-order valence-corrected chi connectivity index (χ3v) is 8.36. The van der Waals surface area contributed by atoms with Gasteiger partial charge in [0.15, 0.2) is 5.78 Å². The third kappa shape index (κ3) is 6.13. The summed E-state index contributed by atoms with van der Waals surface area (Å²) in [4.78, 5) is 14.3. The van der Waals surface area contributed by atoms with E-state index in [-0.39, 0.29) is 28.8 Å². The Kier molecular flexibility index (Phi) is 8.28. The molecule has 3 unspecified atom stereocenters. The summed E-state index contributed by atoms with van der Waals surface area (Å²) in [6, 6.07) is 25.3. The molecule has 1 fully saturated rings. The van der Waals surface area contributed by atoms with Gasteiger partial charge < -0.3 is 14.9 Å². The molecule has 2 N–H and O–H groups in total. The molecule has 0 radical (unpaired) electrons. The minimum atomic E-state index is -0.228. The van der Waals surface area contributed by atoms with E-state index in [1.165, 1.54) is 10.9 Å². The zero-order valence-corrected chi connectivity index (χ0v) is 24.6. The van der Waals surface area contributed by atoms with Gasteiger partial charge in [0, 0.05) is 17.2 Å². The number of ketones is 1. The molecule has 6 rings (SSSR count). The molecule has 3 atom stereocenters. The molecule has 1 aliphatic rings. The number of aryl methyl sites for hydroxylation is 1. The van der Waals surface area contributed by atoms with Crippen LogP contribution >= 0.6 is 0 Å². The third-order valence-electron chi connectivity index (χ3n) is 8.36. The van der Waals surface area contributed by atoms with Crippen molar-refractivity contribution in [1.29, 1.82) is 0 Å². The summed E-state index contributed by atoms with van der Waals surface area (Å²) in [7, 11) is 0. The normalized spacial score (nSPS) is 18.2. The number of aromatic hydroxyl groups is 2. The maximum atomic E-state index is 12.8. The predicted molar refractivity (Wildman–Crippen MR) is 171 cm³/mol. The SMILES string of the molecule is C=CC1CC(/C=C/Cc2cc(C)cc(-n3nc4ccccc4n3)c2O)CC1COc1ccc(C(=O)c2ccccc2)c(O)c1. The first-order chi connectivity index (χ1) is 21.4. The zero-order valence-electron chi connectivity index (χ0n) is 24.6. The van der Waals surface area contributed by atoms with Gasteiger partial charge in [-0.05, 0) is 79.8 Å². The summed E-state index contributed by atoms with van der Waals surface area (Å²) >= 11 is 0. The Balaban J connectivity index is 1.08. The van der Waals surface area contributed by atoms with E-state index >= 15 is 0 Å². The average Bonchev–Trinajstić information content (AvgIpc) is 3.65. The maximum absolute atomic E-state index is 12.8. The highest BCUT2D eigenvalue weighted by Gasteiger charge is 2.31. The molecule has 1 heterocycles. The molecule has 7 nitrogen and oxygen atoms in total. The van der Waals surface area contributed by atoms with Crippen molar-refractivity contribution in [2.45, 2.75) is 26.2 Å². The summed E-state index contributed by atoms with van der Waals surface area (Å²) in [6.07, 6.45) is 8.86. The van der Waals surface area contributed by atoms with Crippen LogP contribution in [-0.2, 0) is 6.42 Å². The molecule has 0 spiro atoms. The molecular weight excluding hydrogens is 550 g/mol. The lowest BCUT2D eigenvalue weighted by Crippen LogP contribution is -2.15. The summed E-state index contributed by atoms with van der Waals surface area (Å²) < 4.78 is 6.08. The lowest BCUT2D eigenvalue weighted by atomic mass is 9.97. The number of aromatic nitrogens is 3. The number of rotatable bonds is 10. The van der Waals surface area contributed by atoms with Crippen LogP contribution in [-0.4, -0.2) is 37.6 Å². The summed E-state index contributed by atoms with van der Waals surface area (Å²) in [5, 5.41) is 30.7. The molecule has 1 aliphatic carbocycles. The van der Waals surface area contributed by atoms with Gasteiger partial charge in [-0.15, -0.1) is 21.6 Å². The highest BCUT2D eigenvalue weighted by molar-refractivity contribution is 6.10. The minimum Gasteiger partial charge on any atom is -0.507 e. The number of allylic oxidation sites excluding steroid dienone is 3. The quantitative estimate of drug-likeness (QED) is 0.131. The fourth-order valence-corrected chi connectivity index (χ4v) is 6.08. The first-order valence-electron chi connectivity index (χ1n) is 14.9. The number of ether oxygens (including phenoxy) is 1. The number of carbonyl (C=O) groups excluding carboxylic acids is 1. The van der Waals surface area contributed by atoms with Crippen molar-refractivity contribution in [2.24, 2.45) is 17.8 Å². The van der Waals surface area contributed by atoms with Crippen LogP contribution < -0.4 is 4.74 Å². The van der Waals surface area contributed by atoms with Crippen LogP contribution in [0.25, 0.3) is 16.7 Å². The van der Waals surface area contributed by atoms with Crippen LogP contribution in [0.3, 0.4) is 0 Å². The lowest BCUT2D eigenvalue weighted by Gasteiger charge is -2.17. The Bertz CT molecular complexity index is 1810. The molecule has 5 aromatic rings. The fraction of sp³-hybridized carbons (Fsp3) is 0.216. The van der Waals surface area contributed by atoms with Crippen molar-refractivity contribution >= 4 is 16.8 Å². The number of benzene rings is 4. The smallest absolute Gasteiger partial charge is 0.196 e. The molecule has 44 heavy (non-hydrogen) atoms. The van der Waals surface area contributed by atoms with Gasteiger partial charge >= 0.3 is 0 Å². The number of nitrogens with zero attached hydrogens (tertiary/aromatic N) is 3. The van der Waals surface area contributed by atoms with E-state index in [9.17, 15) is 15.0 Å². The van der Waals surface area contributed by atoms with Gasteiger partial charge in [-0.2, -0.15) is 0 Å². The molecule has 0 saturated heterocycles. The Hall–Kier alpha value is -5.17. The van der Waals surface area contributed by atoms with Gasteiger partial charge in [-0.3, -0.25) is 4.79 Å². The lowest BCUT2D eigenvalue weighted by molar-refractivity contribution is 0.103. The van der Waals surface area contributed by atoms with Crippen molar-refractivity contribution < 1.29 is 19.7 Å². The van der Waals surface area contributed by atoms with Gasteiger partial charge in [0.2, 0.25) is 0 Å². The highest BCUT2D eigenvalue weighted by atomic mass is 16.5. The molecule has 0 amide bonds. The summed E-state index contributed by atoms with van der Waals surface area (Å²) in [5.74, 6) is 1.32. The van der Waals surface area contributed by atoms with Crippen LogP contribution in [0.4, 0.5) is 0 Å². The van der Waals surface area contributed by atoms with Gasteiger partial charge in [-0.1, -0.05) is 66.8 Å². The summed E-state index contributed by atoms with van der Waals surface area (Å²) in [5.41, 5.74) is 4.74. The van der Waals surface area contributed by atoms with Gasteiger partial charge in [0.1, 0.15) is 34.0 Å². The van der Waals surface area contributed by atoms with Crippen LogP contribution in [0, 0.1) is 24.7 Å². The first-order valence-corrected chi connectivity index (χ1v) is 14.9. The van der Waals surface area contributed by atoms with Crippen molar-refractivity contribution in [2.75, 3.05) is 6.61 Å². The Morgan fingerprint density at radius 2 is 1.70 bits per heavy atom. The molecule has 7 heteroatoms. The molecular formula is C37H35N3O4. The largest absolute Gasteiger partial charge is 0.507 e. The van der Waals surface area contributed by atoms with Gasteiger partial charge in [-0.25, -0.2) is 0 Å². The van der Waals surface area contributed by atoms with Gasteiger partial charge in [0.25, 0.3) is 0 Å². The molecule has 0 aliphatic heterocycles. The van der Waals surface area contributed by atoms with Crippen LogP contribution in [0.1, 0.15) is 39.9 Å². The second-order valence-corrected chi connectivity index (χ2v) is 11.5. The molecule has 222 valence electrons. The number of phenols is 2. The molecule has 0 bridgehead atoms. The maximum Gasteiger partial charge on any atom is 0.196 e. The fourth-order valence-electron chi connectivity index (χ4n) is 6.08. The van der Waals surface area contributed by atoms with E-state index in [2.05, 4.69) is 28.9 Å². The Morgan fingerprint density at radius 3 is 2.41 bits per heavy atom. The number of hydrogen-bond donors (Lipinski definition) is 2. The van der Waals surface area contributed by atoms with Crippen molar-refractivity contribution in [1.82, 2.24) is 15.0 Å². The number of carbonyl (C=O) groups is 1. The Morgan fingerprint density at radius 1 is 0.977 bits per heavy atom. The number of hydrogen-bond acceptors (Lipinski definition) is 6. The van der Waals surface area contributed by atoms with Crippen molar-refractivity contribution in [3.8, 4) is 22.9 Å². The standard InChI is InChI=1S/C37H35N3O4/c1-3-26-20-25(21-29(26)23-44-30-16-17-31(35(41)22-30)36(42)27-11-5-4-6-12-27)10-9-13-28-18-24(2)19-34(37(28)43)40-38-32-14-7-8-15-33(32)39-40/h3-12,14-19,22,25-26,29,41,43H,1,13,20-21,23H2,2H3/b10-9+. The van der Waals surface area contributed by atoms with Crippen LogP contribution in [0.15, 0.2) is 110 Å². The van der Waals surface area contributed by atoms with Gasteiger partial charge in [0.05, 0.1) is 12.2 Å².